The van der Waals surface area contributed by atoms with Gasteiger partial charge >= 0.3 is 0 Å². The number of thiocarbonyl (C=S) groups is 1. The minimum absolute atomic E-state index is 0.556. The predicted molar refractivity (Wildman–Crippen MR) is 47.7 cm³/mol. The van der Waals surface area contributed by atoms with Crippen LogP contribution in [0.15, 0.2) is 35.3 Å². The highest BCUT2D eigenvalue weighted by Gasteiger charge is 1.92. The summed E-state index contributed by atoms with van der Waals surface area (Å²) in [6, 6.07) is 9.61. The summed E-state index contributed by atoms with van der Waals surface area (Å²) in [5.41, 5.74) is 0.951. The first-order valence-electron chi connectivity index (χ1n) is 2.90. The summed E-state index contributed by atoms with van der Waals surface area (Å²) in [5.74, 6) is 0. The highest BCUT2D eigenvalue weighted by atomic mass is 32.1. The Morgan fingerprint density at radius 2 is 1.90 bits per heavy atom. The van der Waals surface area contributed by atoms with Gasteiger partial charge in [-0.1, -0.05) is 42.5 Å². The van der Waals surface area contributed by atoms with Gasteiger partial charge in [-0.2, -0.15) is 0 Å². The third-order valence-electron chi connectivity index (χ3n) is 1.16. The molecular formula is C8H7NS. The molecular weight excluding hydrogens is 142 g/mol. The molecule has 1 aromatic carbocycles. The molecule has 0 bridgehead atoms. The Labute approximate surface area is 65.4 Å². The van der Waals surface area contributed by atoms with Crippen molar-refractivity contribution < 1.29 is 0 Å². The summed E-state index contributed by atoms with van der Waals surface area (Å²) < 4.78 is 0. The number of hydrogen-bond donors (Lipinski definition) is 0. The molecule has 0 unspecified atom stereocenters. The first-order chi connectivity index (χ1) is 4.84. The van der Waals surface area contributed by atoms with Crippen LogP contribution in [0.1, 0.15) is 5.56 Å². The van der Waals surface area contributed by atoms with Crippen molar-refractivity contribution in [3.05, 3.63) is 35.9 Å². The zero-order chi connectivity index (χ0) is 7.40. The van der Waals surface area contributed by atoms with Gasteiger partial charge in [0.15, 0.2) is 0 Å². The molecule has 1 aromatic rings. The second-order valence-electron chi connectivity index (χ2n) is 1.83. The fourth-order valence-corrected chi connectivity index (χ4v) is 0.808. The SMILES string of the molecule is C=NC(=S)c1ccccc1. The van der Waals surface area contributed by atoms with E-state index in [0.29, 0.717) is 4.99 Å². The van der Waals surface area contributed by atoms with Crippen LogP contribution in [0.2, 0.25) is 0 Å². The van der Waals surface area contributed by atoms with Crippen molar-refractivity contribution >= 4 is 23.9 Å². The van der Waals surface area contributed by atoms with E-state index in [1.165, 1.54) is 0 Å². The normalized spacial score (nSPS) is 8.80. The van der Waals surface area contributed by atoms with Crippen LogP contribution in [0.25, 0.3) is 0 Å². The largest absolute Gasteiger partial charge is 0.252 e. The molecule has 0 heterocycles. The van der Waals surface area contributed by atoms with Gasteiger partial charge in [0.1, 0.15) is 4.99 Å². The van der Waals surface area contributed by atoms with E-state index >= 15 is 0 Å². The van der Waals surface area contributed by atoms with Gasteiger partial charge in [0.2, 0.25) is 0 Å². The molecule has 0 atom stereocenters. The Balaban J connectivity index is 2.95. The molecule has 0 N–H and O–H groups in total. The lowest BCUT2D eigenvalue weighted by molar-refractivity contribution is 1.63. The van der Waals surface area contributed by atoms with Gasteiger partial charge in [-0.05, 0) is 6.72 Å². The van der Waals surface area contributed by atoms with Gasteiger partial charge in [-0.15, -0.1) is 0 Å². The smallest absolute Gasteiger partial charge is 0.132 e. The molecule has 10 heavy (non-hydrogen) atoms. The highest BCUT2D eigenvalue weighted by molar-refractivity contribution is 7.80. The molecule has 0 aliphatic carbocycles. The Morgan fingerprint density at radius 3 is 2.40 bits per heavy atom. The van der Waals surface area contributed by atoms with Crippen LogP contribution < -0.4 is 0 Å². The molecule has 0 aromatic heterocycles. The molecule has 0 aliphatic heterocycles. The Morgan fingerprint density at radius 1 is 1.30 bits per heavy atom. The van der Waals surface area contributed by atoms with Gasteiger partial charge in [0.25, 0.3) is 0 Å². The lowest BCUT2D eigenvalue weighted by Crippen LogP contribution is -1.89. The maximum atomic E-state index is 4.89. The number of benzene rings is 1. The van der Waals surface area contributed by atoms with E-state index in [1.54, 1.807) is 0 Å². The van der Waals surface area contributed by atoms with Crippen molar-refractivity contribution in [1.82, 2.24) is 0 Å². The standard InChI is InChI=1S/C8H7NS/c1-9-8(10)7-5-3-2-4-6-7/h2-6H,1H2. The number of nitrogens with zero attached hydrogens (tertiary/aromatic N) is 1. The maximum Gasteiger partial charge on any atom is 0.132 e. The van der Waals surface area contributed by atoms with Crippen molar-refractivity contribution in [2.24, 2.45) is 4.99 Å². The molecule has 0 fully saturated rings. The van der Waals surface area contributed by atoms with Crippen molar-refractivity contribution in [1.29, 1.82) is 0 Å². The van der Waals surface area contributed by atoms with Gasteiger partial charge in [-0.3, -0.25) is 4.99 Å². The zero-order valence-electron chi connectivity index (χ0n) is 5.45. The quantitative estimate of drug-likeness (QED) is 0.440. The van der Waals surface area contributed by atoms with E-state index in [-0.39, 0.29) is 0 Å². The maximum absolute atomic E-state index is 4.89. The van der Waals surface area contributed by atoms with Crippen LogP contribution in [0.5, 0.6) is 0 Å². The van der Waals surface area contributed by atoms with Gasteiger partial charge in [0, 0.05) is 5.56 Å². The van der Waals surface area contributed by atoms with Gasteiger partial charge < -0.3 is 0 Å². The minimum atomic E-state index is 0.556. The molecule has 0 saturated carbocycles. The zero-order valence-corrected chi connectivity index (χ0v) is 6.27. The van der Waals surface area contributed by atoms with Crippen LogP contribution >= 0.6 is 12.2 Å². The van der Waals surface area contributed by atoms with Crippen LogP contribution in [0, 0.1) is 0 Å². The van der Waals surface area contributed by atoms with E-state index < -0.39 is 0 Å². The van der Waals surface area contributed by atoms with Crippen LogP contribution in [0.3, 0.4) is 0 Å². The highest BCUT2D eigenvalue weighted by Crippen LogP contribution is 2.00. The fourth-order valence-electron chi connectivity index (χ4n) is 0.672. The van der Waals surface area contributed by atoms with E-state index in [9.17, 15) is 0 Å². The van der Waals surface area contributed by atoms with E-state index in [4.69, 9.17) is 12.2 Å². The number of rotatable bonds is 1. The molecule has 0 saturated heterocycles. The van der Waals surface area contributed by atoms with Crippen LogP contribution in [-0.4, -0.2) is 11.7 Å². The first-order valence-corrected chi connectivity index (χ1v) is 3.31. The summed E-state index contributed by atoms with van der Waals surface area (Å²) in [6.07, 6.45) is 0. The summed E-state index contributed by atoms with van der Waals surface area (Å²) >= 11 is 4.89. The third kappa shape index (κ3) is 1.48. The Kier molecular flexibility index (Phi) is 2.29. The topological polar surface area (TPSA) is 12.4 Å². The Hall–Kier alpha value is -1.02. The fraction of sp³-hybridized carbons (Fsp3) is 0. The molecule has 1 rings (SSSR count). The number of aliphatic imine (C=N–C) groups is 1. The summed E-state index contributed by atoms with van der Waals surface area (Å²) in [5, 5.41) is 0. The predicted octanol–water partition coefficient (Wildman–Crippen LogP) is 2.06. The minimum Gasteiger partial charge on any atom is -0.252 e. The summed E-state index contributed by atoms with van der Waals surface area (Å²) in [6.45, 7) is 3.35. The van der Waals surface area contributed by atoms with E-state index in [2.05, 4.69) is 11.7 Å². The van der Waals surface area contributed by atoms with Gasteiger partial charge in [-0.25, -0.2) is 0 Å². The average Bonchev–Trinajstić information content (AvgIpc) is 2.05. The molecule has 0 amide bonds. The molecule has 0 aliphatic rings. The molecule has 0 radical (unpaired) electrons. The van der Waals surface area contributed by atoms with Crippen molar-refractivity contribution in [3.8, 4) is 0 Å². The second kappa shape index (κ2) is 3.22. The lowest BCUT2D eigenvalue weighted by Gasteiger charge is -1.93. The lowest BCUT2D eigenvalue weighted by atomic mass is 10.2. The first kappa shape index (κ1) is 7.09. The molecule has 0 spiro atoms. The van der Waals surface area contributed by atoms with Crippen molar-refractivity contribution in [2.75, 3.05) is 0 Å². The van der Waals surface area contributed by atoms with Crippen LogP contribution in [-0.2, 0) is 0 Å². The molecule has 1 nitrogen and oxygen atoms in total. The summed E-state index contributed by atoms with van der Waals surface area (Å²) in [7, 11) is 0. The molecule has 2 heteroatoms. The summed E-state index contributed by atoms with van der Waals surface area (Å²) in [4.78, 5) is 4.20. The van der Waals surface area contributed by atoms with E-state index in [1.807, 2.05) is 30.3 Å². The van der Waals surface area contributed by atoms with Crippen LogP contribution in [0.4, 0.5) is 0 Å². The average molecular weight is 149 g/mol. The molecule has 50 valence electrons. The van der Waals surface area contributed by atoms with Crippen molar-refractivity contribution in [3.63, 3.8) is 0 Å². The Bertz CT molecular complexity index is 241. The monoisotopic (exact) mass is 149 g/mol. The third-order valence-corrected chi connectivity index (χ3v) is 1.53. The second-order valence-corrected chi connectivity index (χ2v) is 2.22. The van der Waals surface area contributed by atoms with Gasteiger partial charge in [0.05, 0.1) is 0 Å². The van der Waals surface area contributed by atoms with Crippen molar-refractivity contribution in [2.45, 2.75) is 0 Å². The van der Waals surface area contributed by atoms with E-state index in [0.717, 1.165) is 5.56 Å². The number of hydrogen-bond acceptors (Lipinski definition) is 1.